The molecule has 0 spiro atoms. The monoisotopic (exact) mass is 205 g/mol. The van der Waals surface area contributed by atoms with Gasteiger partial charge in [0, 0.05) is 27.4 Å². The lowest BCUT2D eigenvalue weighted by Crippen LogP contribution is -2.48. The van der Waals surface area contributed by atoms with E-state index in [1.165, 1.54) is 0 Å². The molecular weight excluding hydrogens is 182 g/mol. The van der Waals surface area contributed by atoms with E-state index in [1.54, 1.807) is 21.3 Å². The maximum atomic E-state index is 5.22. The van der Waals surface area contributed by atoms with E-state index in [1.807, 2.05) is 13.8 Å². The van der Waals surface area contributed by atoms with E-state index in [2.05, 4.69) is 12.2 Å². The first-order chi connectivity index (χ1) is 6.56. The van der Waals surface area contributed by atoms with Crippen molar-refractivity contribution in [2.45, 2.75) is 45.2 Å². The summed E-state index contributed by atoms with van der Waals surface area (Å²) in [5.74, 6) is 0. The molecule has 0 saturated heterocycles. The van der Waals surface area contributed by atoms with Crippen LogP contribution >= 0.6 is 0 Å². The number of methoxy groups -OCH3 is 3. The molecule has 3 unspecified atom stereocenters. The van der Waals surface area contributed by atoms with Gasteiger partial charge in [0.2, 0.25) is 0 Å². The van der Waals surface area contributed by atoms with Crippen molar-refractivity contribution in [3.63, 3.8) is 0 Å². The van der Waals surface area contributed by atoms with E-state index in [9.17, 15) is 0 Å². The van der Waals surface area contributed by atoms with Crippen LogP contribution in [0.25, 0.3) is 0 Å². The molecule has 0 amide bonds. The number of nitrogens with one attached hydrogen (secondary N) is 1. The van der Waals surface area contributed by atoms with Gasteiger partial charge in [0.05, 0.1) is 12.1 Å². The van der Waals surface area contributed by atoms with E-state index >= 15 is 0 Å². The molecule has 86 valence electrons. The predicted octanol–water partition coefficient (Wildman–Crippen LogP) is 1.01. The van der Waals surface area contributed by atoms with Gasteiger partial charge in [-0.1, -0.05) is 0 Å². The number of hydrogen-bond donors (Lipinski definition) is 1. The minimum Gasteiger partial charge on any atom is -0.380 e. The second-order valence-corrected chi connectivity index (χ2v) is 3.52. The summed E-state index contributed by atoms with van der Waals surface area (Å²) in [5, 5.41) is 3.36. The van der Waals surface area contributed by atoms with Gasteiger partial charge in [-0.15, -0.1) is 0 Å². The van der Waals surface area contributed by atoms with Gasteiger partial charge in [0.15, 0.2) is 6.29 Å². The van der Waals surface area contributed by atoms with Crippen molar-refractivity contribution in [3.05, 3.63) is 0 Å². The quantitative estimate of drug-likeness (QED) is 0.630. The summed E-state index contributed by atoms with van der Waals surface area (Å²) < 4.78 is 15.5. The number of rotatable bonds is 7. The number of ether oxygens (including phenoxy) is 3. The van der Waals surface area contributed by atoms with E-state index in [4.69, 9.17) is 14.2 Å². The fourth-order valence-electron chi connectivity index (χ4n) is 1.34. The van der Waals surface area contributed by atoms with Crippen LogP contribution in [-0.4, -0.2) is 45.8 Å². The second kappa shape index (κ2) is 7.17. The highest BCUT2D eigenvalue weighted by molar-refractivity contribution is 4.74. The number of hydrogen-bond acceptors (Lipinski definition) is 4. The molecule has 0 fully saturated rings. The zero-order chi connectivity index (χ0) is 11.1. The first-order valence-corrected chi connectivity index (χ1v) is 4.91. The van der Waals surface area contributed by atoms with Crippen molar-refractivity contribution in [1.82, 2.24) is 5.32 Å². The van der Waals surface area contributed by atoms with Crippen LogP contribution in [0, 0.1) is 0 Å². The van der Waals surface area contributed by atoms with E-state index in [0.717, 1.165) is 0 Å². The van der Waals surface area contributed by atoms with Gasteiger partial charge in [-0.25, -0.2) is 0 Å². The topological polar surface area (TPSA) is 39.7 Å². The summed E-state index contributed by atoms with van der Waals surface area (Å²) in [5.41, 5.74) is 0. The van der Waals surface area contributed by atoms with Crippen molar-refractivity contribution < 1.29 is 14.2 Å². The van der Waals surface area contributed by atoms with Crippen LogP contribution in [0.4, 0.5) is 0 Å². The van der Waals surface area contributed by atoms with Crippen LogP contribution in [0.3, 0.4) is 0 Å². The molecule has 0 heterocycles. The van der Waals surface area contributed by atoms with E-state index in [0.29, 0.717) is 0 Å². The van der Waals surface area contributed by atoms with Gasteiger partial charge < -0.3 is 19.5 Å². The minimum atomic E-state index is -0.221. The molecule has 1 N–H and O–H groups in total. The average Bonchev–Trinajstić information content (AvgIpc) is 2.18. The normalized spacial score (nSPS) is 18.2. The van der Waals surface area contributed by atoms with Crippen molar-refractivity contribution in [1.29, 1.82) is 0 Å². The first-order valence-electron chi connectivity index (χ1n) is 4.91. The molecule has 0 radical (unpaired) electrons. The Bertz CT molecular complexity index is 139. The Labute approximate surface area is 86.9 Å². The third-order valence-corrected chi connectivity index (χ3v) is 2.47. The lowest BCUT2D eigenvalue weighted by atomic mass is 10.2. The predicted molar refractivity (Wildman–Crippen MR) is 56.3 cm³/mol. The fourth-order valence-corrected chi connectivity index (χ4v) is 1.34. The van der Waals surface area contributed by atoms with Crippen molar-refractivity contribution in [3.8, 4) is 0 Å². The van der Waals surface area contributed by atoms with Gasteiger partial charge in [-0.2, -0.15) is 0 Å². The van der Waals surface area contributed by atoms with Crippen molar-refractivity contribution in [2.24, 2.45) is 0 Å². The highest BCUT2D eigenvalue weighted by Crippen LogP contribution is 2.03. The van der Waals surface area contributed by atoms with Crippen LogP contribution in [0.5, 0.6) is 0 Å². The smallest absolute Gasteiger partial charge is 0.171 e. The molecule has 0 aromatic rings. The summed E-state index contributed by atoms with van der Waals surface area (Å²) in [4.78, 5) is 0. The summed E-state index contributed by atoms with van der Waals surface area (Å²) in [7, 11) is 4.98. The van der Waals surface area contributed by atoms with Gasteiger partial charge in [-0.05, 0) is 20.8 Å². The lowest BCUT2D eigenvalue weighted by molar-refractivity contribution is -0.122. The highest BCUT2D eigenvalue weighted by atomic mass is 16.7. The Morgan fingerprint density at radius 2 is 1.29 bits per heavy atom. The molecule has 0 aliphatic rings. The molecule has 14 heavy (non-hydrogen) atoms. The maximum Gasteiger partial charge on any atom is 0.171 e. The van der Waals surface area contributed by atoms with Crippen molar-refractivity contribution in [2.75, 3.05) is 21.3 Å². The zero-order valence-corrected chi connectivity index (χ0v) is 10.0. The SMILES string of the molecule is COC(C)C(C)NC(C)C(OC)OC. The summed E-state index contributed by atoms with van der Waals surface area (Å²) in [6.45, 7) is 6.13. The molecule has 0 aromatic carbocycles. The molecule has 0 saturated carbocycles. The van der Waals surface area contributed by atoms with Gasteiger partial charge in [0.1, 0.15) is 0 Å². The van der Waals surface area contributed by atoms with Crippen LogP contribution < -0.4 is 5.32 Å². The summed E-state index contributed by atoms with van der Waals surface area (Å²) in [6, 6.07) is 0.403. The Hall–Kier alpha value is -0.160. The van der Waals surface area contributed by atoms with Crippen LogP contribution in [-0.2, 0) is 14.2 Å². The minimum absolute atomic E-state index is 0.137. The zero-order valence-electron chi connectivity index (χ0n) is 10.0. The van der Waals surface area contributed by atoms with Gasteiger partial charge >= 0.3 is 0 Å². The van der Waals surface area contributed by atoms with Crippen molar-refractivity contribution >= 4 is 0 Å². The Morgan fingerprint density at radius 1 is 0.786 bits per heavy atom. The van der Waals surface area contributed by atoms with Crippen LogP contribution in [0.1, 0.15) is 20.8 Å². The average molecular weight is 205 g/mol. The standard InChI is InChI=1S/C10H23NO3/c1-7(9(3)12-4)11-8(2)10(13-5)14-6/h7-11H,1-6H3. The fraction of sp³-hybridized carbons (Fsp3) is 1.00. The highest BCUT2D eigenvalue weighted by Gasteiger charge is 2.20. The molecule has 0 bridgehead atoms. The van der Waals surface area contributed by atoms with Crippen LogP contribution in [0.2, 0.25) is 0 Å². The molecule has 0 rings (SSSR count). The third-order valence-electron chi connectivity index (χ3n) is 2.47. The summed E-state index contributed by atoms with van der Waals surface area (Å²) in [6.07, 6.45) is -0.0479. The molecule has 4 heteroatoms. The molecular formula is C10H23NO3. The van der Waals surface area contributed by atoms with E-state index < -0.39 is 0 Å². The molecule has 0 aliphatic carbocycles. The molecule has 3 atom stereocenters. The lowest BCUT2D eigenvalue weighted by Gasteiger charge is -2.28. The second-order valence-electron chi connectivity index (χ2n) is 3.52. The first kappa shape index (κ1) is 13.8. The van der Waals surface area contributed by atoms with Gasteiger partial charge in [-0.3, -0.25) is 0 Å². The van der Waals surface area contributed by atoms with E-state index in [-0.39, 0.29) is 24.5 Å². The largest absolute Gasteiger partial charge is 0.380 e. The Morgan fingerprint density at radius 3 is 1.64 bits per heavy atom. The maximum absolute atomic E-state index is 5.22. The molecule has 0 aromatic heterocycles. The molecule has 0 aliphatic heterocycles. The Kier molecular flexibility index (Phi) is 7.09. The molecule has 4 nitrogen and oxygen atoms in total. The van der Waals surface area contributed by atoms with Crippen LogP contribution in [0.15, 0.2) is 0 Å². The van der Waals surface area contributed by atoms with Gasteiger partial charge in [0.25, 0.3) is 0 Å². The third kappa shape index (κ3) is 4.37. The summed E-state index contributed by atoms with van der Waals surface area (Å²) >= 11 is 0. The Balaban J connectivity index is 3.96.